The largest absolute Gasteiger partial charge is 0.302 e. The van der Waals surface area contributed by atoms with E-state index in [1.54, 1.807) is 11.8 Å². The Morgan fingerprint density at radius 3 is 2.67 bits per heavy atom. The van der Waals surface area contributed by atoms with Crippen LogP contribution < -0.4 is 0 Å². The van der Waals surface area contributed by atoms with Gasteiger partial charge in [0.1, 0.15) is 5.82 Å². The molecular formula is C16H16N4S. The van der Waals surface area contributed by atoms with Gasteiger partial charge in [-0.15, -0.1) is 10.2 Å². The third-order valence-electron chi connectivity index (χ3n) is 4.07. The van der Waals surface area contributed by atoms with Crippen LogP contribution in [0.1, 0.15) is 54.6 Å². The summed E-state index contributed by atoms with van der Waals surface area (Å²) in [6.07, 6.45) is 5.01. The van der Waals surface area contributed by atoms with Crippen molar-refractivity contribution in [1.29, 1.82) is 5.26 Å². The minimum atomic E-state index is 0.609. The van der Waals surface area contributed by atoms with Gasteiger partial charge in [0.25, 0.3) is 0 Å². The number of hydrogen-bond acceptors (Lipinski definition) is 4. The van der Waals surface area contributed by atoms with Gasteiger partial charge in [0.05, 0.1) is 11.6 Å². The monoisotopic (exact) mass is 296 g/mol. The van der Waals surface area contributed by atoms with Gasteiger partial charge in [-0.2, -0.15) is 5.26 Å². The number of nitrogens with zero attached hydrogens (tertiary/aromatic N) is 4. The van der Waals surface area contributed by atoms with Crippen LogP contribution >= 0.6 is 11.8 Å². The first kappa shape index (κ1) is 12.9. The van der Waals surface area contributed by atoms with Crippen LogP contribution in [0.4, 0.5) is 0 Å². The van der Waals surface area contributed by atoms with Gasteiger partial charge in [-0.05, 0) is 68.1 Å². The molecule has 0 atom stereocenters. The second-order valence-corrected chi connectivity index (χ2v) is 6.95. The van der Waals surface area contributed by atoms with Crippen LogP contribution in [0.2, 0.25) is 0 Å². The molecule has 1 aromatic heterocycles. The lowest BCUT2D eigenvalue weighted by atomic mass is 10.1. The Balaban J connectivity index is 1.65. The summed E-state index contributed by atoms with van der Waals surface area (Å²) in [6, 6.07) is 8.77. The van der Waals surface area contributed by atoms with E-state index in [2.05, 4.69) is 26.9 Å². The second kappa shape index (κ2) is 4.88. The van der Waals surface area contributed by atoms with Crippen molar-refractivity contribution in [1.82, 2.24) is 14.8 Å². The van der Waals surface area contributed by atoms with E-state index in [0.717, 1.165) is 21.2 Å². The van der Waals surface area contributed by atoms with Crippen LogP contribution in [0.3, 0.4) is 0 Å². The first-order chi connectivity index (χ1) is 10.3. The topological polar surface area (TPSA) is 54.5 Å². The standard InChI is InChI=1S/C16H16N4S/c1-10-8-14(7-4-12(10)9-17)21-16-19-18-15(11-2-3-11)20(16)13-5-6-13/h4,7-8,11,13H,2-3,5-6H2,1H3. The Labute approximate surface area is 128 Å². The molecule has 106 valence electrons. The fourth-order valence-electron chi connectivity index (χ4n) is 2.58. The van der Waals surface area contributed by atoms with Crippen molar-refractivity contribution in [3.63, 3.8) is 0 Å². The lowest BCUT2D eigenvalue weighted by Gasteiger charge is -2.08. The van der Waals surface area contributed by atoms with Crippen molar-refractivity contribution in [2.45, 2.75) is 54.6 Å². The van der Waals surface area contributed by atoms with E-state index >= 15 is 0 Å². The number of aromatic nitrogens is 3. The van der Waals surface area contributed by atoms with Gasteiger partial charge in [0.15, 0.2) is 5.16 Å². The zero-order valence-electron chi connectivity index (χ0n) is 11.9. The predicted octanol–water partition coefficient (Wildman–Crippen LogP) is 3.82. The Kier molecular flexibility index (Phi) is 3.00. The molecule has 4 nitrogen and oxygen atoms in total. The average Bonchev–Trinajstić information content (AvgIpc) is 3.39. The molecule has 0 amide bonds. The summed E-state index contributed by atoms with van der Waals surface area (Å²) < 4.78 is 2.36. The summed E-state index contributed by atoms with van der Waals surface area (Å²) in [7, 11) is 0. The zero-order valence-corrected chi connectivity index (χ0v) is 12.7. The van der Waals surface area contributed by atoms with Crippen molar-refractivity contribution in [2.75, 3.05) is 0 Å². The fourth-order valence-corrected chi connectivity index (χ4v) is 3.59. The Hall–Kier alpha value is -1.80. The van der Waals surface area contributed by atoms with Crippen LogP contribution in [0, 0.1) is 18.3 Å². The molecule has 0 N–H and O–H groups in total. The van der Waals surface area contributed by atoms with E-state index in [1.807, 2.05) is 19.1 Å². The summed E-state index contributed by atoms with van der Waals surface area (Å²) in [6.45, 7) is 1.98. The lowest BCUT2D eigenvalue weighted by Crippen LogP contribution is -2.01. The van der Waals surface area contributed by atoms with Crippen molar-refractivity contribution in [3.05, 3.63) is 35.2 Å². The molecule has 4 rings (SSSR count). The van der Waals surface area contributed by atoms with Gasteiger partial charge in [0.2, 0.25) is 0 Å². The van der Waals surface area contributed by atoms with Gasteiger partial charge in [-0.3, -0.25) is 0 Å². The summed E-state index contributed by atoms with van der Waals surface area (Å²) in [5.41, 5.74) is 1.75. The number of rotatable bonds is 4. The van der Waals surface area contributed by atoms with Gasteiger partial charge in [-0.25, -0.2) is 0 Å². The minimum absolute atomic E-state index is 0.609. The van der Waals surface area contributed by atoms with Crippen LogP contribution in [0.25, 0.3) is 0 Å². The SMILES string of the molecule is Cc1cc(Sc2nnc(C3CC3)n2C2CC2)ccc1C#N. The summed E-state index contributed by atoms with van der Waals surface area (Å²) in [5.74, 6) is 1.82. The van der Waals surface area contributed by atoms with Crippen LogP contribution in [-0.4, -0.2) is 14.8 Å². The molecule has 0 spiro atoms. The molecular weight excluding hydrogens is 280 g/mol. The molecule has 2 aliphatic carbocycles. The quantitative estimate of drug-likeness (QED) is 0.860. The average molecular weight is 296 g/mol. The molecule has 0 unspecified atom stereocenters. The molecule has 2 aliphatic rings. The van der Waals surface area contributed by atoms with Gasteiger partial charge >= 0.3 is 0 Å². The molecule has 1 heterocycles. The number of hydrogen-bond donors (Lipinski definition) is 0. The Morgan fingerprint density at radius 2 is 2.05 bits per heavy atom. The van der Waals surface area contributed by atoms with E-state index in [4.69, 9.17) is 5.26 Å². The smallest absolute Gasteiger partial charge is 0.196 e. The lowest BCUT2D eigenvalue weighted by molar-refractivity contribution is 0.627. The van der Waals surface area contributed by atoms with E-state index in [1.165, 1.54) is 31.5 Å². The van der Waals surface area contributed by atoms with Crippen LogP contribution in [-0.2, 0) is 0 Å². The maximum atomic E-state index is 9.01. The van der Waals surface area contributed by atoms with E-state index in [0.29, 0.717) is 12.0 Å². The highest BCUT2D eigenvalue weighted by atomic mass is 32.2. The maximum Gasteiger partial charge on any atom is 0.196 e. The molecule has 0 bridgehead atoms. The molecule has 2 aromatic rings. The van der Waals surface area contributed by atoms with Gasteiger partial charge in [-0.1, -0.05) is 0 Å². The second-order valence-electron chi connectivity index (χ2n) is 5.91. The predicted molar refractivity (Wildman–Crippen MR) is 80.3 cm³/mol. The highest BCUT2D eigenvalue weighted by molar-refractivity contribution is 7.99. The number of aryl methyl sites for hydroxylation is 1. The van der Waals surface area contributed by atoms with Crippen LogP contribution in [0.5, 0.6) is 0 Å². The minimum Gasteiger partial charge on any atom is -0.302 e. The molecule has 0 aliphatic heterocycles. The highest BCUT2D eigenvalue weighted by Crippen LogP contribution is 2.46. The molecule has 5 heteroatoms. The molecule has 21 heavy (non-hydrogen) atoms. The first-order valence-corrected chi connectivity index (χ1v) is 8.21. The maximum absolute atomic E-state index is 9.01. The summed E-state index contributed by atoms with van der Waals surface area (Å²) in [4.78, 5) is 1.13. The molecule has 2 saturated carbocycles. The van der Waals surface area contributed by atoms with Crippen LogP contribution in [0.15, 0.2) is 28.3 Å². The zero-order chi connectivity index (χ0) is 14.4. The third-order valence-corrected chi connectivity index (χ3v) is 5.02. The molecule has 1 aromatic carbocycles. The molecule has 0 radical (unpaired) electrons. The summed E-state index contributed by atoms with van der Waals surface area (Å²) >= 11 is 1.66. The van der Waals surface area contributed by atoms with Gasteiger partial charge in [0, 0.05) is 16.9 Å². The third kappa shape index (κ3) is 2.44. The van der Waals surface area contributed by atoms with Crippen molar-refractivity contribution >= 4 is 11.8 Å². The fraction of sp³-hybridized carbons (Fsp3) is 0.438. The van der Waals surface area contributed by atoms with Crippen molar-refractivity contribution in [2.24, 2.45) is 0 Å². The Morgan fingerprint density at radius 1 is 1.24 bits per heavy atom. The van der Waals surface area contributed by atoms with Crippen molar-refractivity contribution < 1.29 is 0 Å². The van der Waals surface area contributed by atoms with Crippen molar-refractivity contribution in [3.8, 4) is 6.07 Å². The molecule has 2 fully saturated rings. The normalized spacial score (nSPS) is 17.7. The van der Waals surface area contributed by atoms with E-state index < -0.39 is 0 Å². The number of benzene rings is 1. The Bertz CT molecular complexity index is 735. The first-order valence-electron chi connectivity index (χ1n) is 7.39. The summed E-state index contributed by atoms with van der Waals surface area (Å²) in [5, 5.41) is 18.9. The highest BCUT2D eigenvalue weighted by Gasteiger charge is 2.36. The van der Waals surface area contributed by atoms with E-state index in [-0.39, 0.29) is 0 Å². The molecule has 0 saturated heterocycles. The van der Waals surface area contributed by atoms with E-state index in [9.17, 15) is 0 Å². The number of nitriles is 1. The van der Waals surface area contributed by atoms with Gasteiger partial charge < -0.3 is 4.57 Å².